The van der Waals surface area contributed by atoms with E-state index in [1.54, 1.807) is 24.2 Å². The Kier molecular flexibility index (Phi) is 3.66. The summed E-state index contributed by atoms with van der Waals surface area (Å²) in [7, 11) is 1.76. The zero-order valence-electron chi connectivity index (χ0n) is 10.0. The topological polar surface area (TPSA) is 39.9 Å². The van der Waals surface area contributed by atoms with Gasteiger partial charge < -0.3 is 15.6 Å². The van der Waals surface area contributed by atoms with Gasteiger partial charge in [-0.1, -0.05) is 12.1 Å². The van der Waals surface area contributed by atoms with Crippen molar-refractivity contribution in [3.05, 3.63) is 47.3 Å². The van der Waals surface area contributed by atoms with Crippen LogP contribution in [0.5, 0.6) is 0 Å². The minimum Gasteiger partial charge on any atom is -0.473 e. The zero-order valence-corrected chi connectivity index (χ0v) is 10.8. The number of nitrogens with zero attached hydrogens (tertiary/aromatic N) is 2. The van der Waals surface area contributed by atoms with Crippen LogP contribution in [0.15, 0.2) is 30.5 Å². The van der Waals surface area contributed by atoms with Crippen LogP contribution in [0.25, 0.3) is 5.73 Å². The van der Waals surface area contributed by atoms with E-state index in [1.807, 2.05) is 0 Å². The monoisotopic (exact) mass is 286 g/mol. The van der Waals surface area contributed by atoms with Crippen molar-refractivity contribution in [2.24, 2.45) is 0 Å². The number of halogens is 3. The third kappa shape index (κ3) is 3.37. The van der Waals surface area contributed by atoms with Crippen LogP contribution < -0.4 is 4.90 Å². The van der Waals surface area contributed by atoms with Gasteiger partial charge in [0.25, 0.3) is 0 Å². The summed E-state index contributed by atoms with van der Waals surface area (Å²) in [6.45, 7) is 0.339. The molecular weight excluding hydrogens is 275 g/mol. The Morgan fingerprint density at radius 1 is 1.37 bits per heavy atom. The van der Waals surface area contributed by atoms with Crippen LogP contribution in [0.1, 0.15) is 11.1 Å². The van der Waals surface area contributed by atoms with Gasteiger partial charge in [-0.3, -0.25) is 0 Å². The first kappa shape index (κ1) is 13.7. The second kappa shape index (κ2) is 5.08. The van der Waals surface area contributed by atoms with Crippen LogP contribution >= 0.6 is 11.3 Å². The number of hydrogen-bond acceptors (Lipinski definition) is 3. The molecule has 0 atom stereocenters. The van der Waals surface area contributed by atoms with E-state index in [9.17, 15) is 13.2 Å². The SMILES string of the molecule is CN(Cc1cccc(C(F)(F)F)c1)c1cnc([NH-])s1. The highest BCUT2D eigenvalue weighted by atomic mass is 32.1. The van der Waals surface area contributed by atoms with E-state index in [0.717, 1.165) is 17.1 Å². The van der Waals surface area contributed by atoms with E-state index in [-0.39, 0.29) is 5.13 Å². The highest BCUT2D eigenvalue weighted by Crippen LogP contribution is 2.31. The molecule has 0 fully saturated rings. The van der Waals surface area contributed by atoms with Gasteiger partial charge in [-0.15, -0.1) is 11.3 Å². The molecule has 19 heavy (non-hydrogen) atoms. The van der Waals surface area contributed by atoms with Gasteiger partial charge in [-0.25, -0.2) is 0 Å². The molecule has 0 saturated heterocycles. The van der Waals surface area contributed by atoms with Gasteiger partial charge in [-0.05, 0) is 29.0 Å². The number of benzene rings is 1. The van der Waals surface area contributed by atoms with Gasteiger partial charge in [0.05, 0.1) is 10.6 Å². The van der Waals surface area contributed by atoms with Crippen molar-refractivity contribution < 1.29 is 13.2 Å². The molecule has 3 nitrogen and oxygen atoms in total. The van der Waals surface area contributed by atoms with E-state index in [2.05, 4.69) is 4.98 Å². The molecule has 0 radical (unpaired) electrons. The van der Waals surface area contributed by atoms with Crippen molar-refractivity contribution in [3.8, 4) is 0 Å². The molecule has 1 aromatic heterocycles. The molecule has 1 heterocycles. The minimum absolute atomic E-state index is 0.186. The summed E-state index contributed by atoms with van der Waals surface area (Å²) in [4.78, 5) is 5.57. The molecule has 1 aromatic carbocycles. The van der Waals surface area contributed by atoms with Crippen molar-refractivity contribution in [1.29, 1.82) is 0 Å². The average molecular weight is 286 g/mol. The van der Waals surface area contributed by atoms with E-state index in [4.69, 9.17) is 5.73 Å². The lowest BCUT2D eigenvalue weighted by molar-refractivity contribution is -0.137. The molecule has 7 heteroatoms. The van der Waals surface area contributed by atoms with Gasteiger partial charge in [-0.2, -0.15) is 13.2 Å². The molecule has 0 saturated carbocycles. The molecule has 0 spiro atoms. The summed E-state index contributed by atoms with van der Waals surface area (Å²) in [6.07, 6.45) is -2.78. The van der Waals surface area contributed by atoms with Gasteiger partial charge in [0.15, 0.2) is 0 Å². The maximum Gasteiger partial charge on any atom is 0.416 e. The van der Waals surface area contributed by atoms with Crippen LogP contribution in [-0.2, 0) is 12.7 Å². The Hall–Kier alpha value is -1.76. The van der Waals surface area contributed by atoms with Crippen LogP contribution in [0, 0.1) is 0 Å². The standard InChI is InChI=1S/C12H11F3N3S/c1-18(10-6-17-11(16)19-10)7-8-3-2-4-9(5-8)12(13,14)15/h2-6H,7H2,1H3,(H-,16,17)/q-1. The number of hydrogen-bond donors (Lipinski definition) is 0. The first-order valence-electron chi connectivity index (χ1n) is 5.41. The van der Waals surface area contributed by atoms with Crippen molar-refractivity contribution >= 4 is 21.5 Å². The normalized spacial score (nSPS) is 11.6. The smallest absolute Gasteiger partial charge is 0.416 e. The summed E-state index contributed by atoms with van der Waals surface area (Å²) >= 11 is 1.18. The van der Waals surface area contributed by atoms with Gasteiger partial charge >= 0.3 is 6.18 Å². The fraction of sp³-hybridized carbons (Fsp3) is 0.250. The number of anilines is 1. The quantitative estimate of drug-likeness (QED) is 0.834. The molecule has 0 aliphatic heterocycles. The predicted molar refractivity (Wildman–Crippen MR) is 69.6 cm³/mol. The second-order valence-corrected chi connectivity index (χ2v) is 5.07. The molecule has 2 rings (SSSR count). The molecule has 0 aliphatic carbocycles. The van der Waals surface area contributed by atoms with E-state index < -0.39 is 11.7 Å². The highest BCUT2D eigenvalue weighted by molar-refractivity contribution is 7.19. The molecule has 102 valence electrons. The first-order valence-corrected chi connectivity index (χ1v) is 6.22. The number of rotatable bonds is 3. The lowest BCUT2D eigenvalue weighted by Crippen LogP contribution is -2.15. The number of nitrogens with one attached hydrogen (secondary N) is 1. The molecule has 0 bridgehead atoms. The lowest BCUT2D eigenvalue weighted by Gasteiger charge is -2.18. The minimum atomic E-state index is -4.33. The largest absolute Gasteiger partial charge is 0.473 e. The fourth-order valence-corrected chi connectivity index (χ4v) is 2.27. The van der Waals surface area contributed by atoms with Gasteiger partial charge in [0, 0.05) is 13.6 Å². The number of alkyl halides is 3. The molecule has 0 amide bonds. The van der Waals surface area contributed by atoms with Gasteiger partial charge in [0.1, 0.15) is 0 Å². The van der Waals surface area contributed by atoms with E-state index >= 15 is 0 Å². The summed E-state index contributed by atoms with van der Waals surface area (Å²) in [5.74, 6) is 0. The van der Waals surface area contributed by atoms with Crippen LogP contribution in [-0.4, -0.2) is 12.0 Å². The second-order valence-electron chi connectivity index (χ2n) is 4.06. The molecular formula is C12H11F3N3S-. The Bertz CT molecular complexity index is 565. The lowest BCUT2D eigenvalue weighted by atomic mass is 10.1. The zero-order chi connectivity index (χ0) is 14.0. The summed E-state index contributed by atoms with van der Waals surface area (Å²) in [5.41, 5.74) is 7.25. The fourth-order valence-electron chi connectivity index (χ4n) is 1.64. The molecule has 0 unspecified atom stereocenters. The summed E-state index contributed by atoms with van der Waals surface area (Å²) < 4.78 is 37.8. The van der Waals surface area contributed by atoms with Crippen molar-refractivity contribution in [1.82, 2.24) is 4.98 Å². The molecule has 1 N–H and O–H groups in total. The Labute approximate surface area is 112 Å². The average Bonchev–Trinajstić information content (AvgIpc) is 2.75. The van der Waals surface area contributed by atoms with Crippen LogP contribution in [0.2, 0.25) is 0 Å². The summed E-state index contributed by atoms with van der Waals surface area (Å²) in [5, 5.41) is 0.938. The van der Waals surface area contributed by atoms with Crippen molar-refractivity contribution in [2.45, 2.75) is 12.7 Å². The van der Waals surface area contributed by atoms with E-state index in [0.29, 0.717) is 12.1 Å². The van der Waals surface area contributed by atoms with Gasteiger partial charge in [0.2, 0.25) is 0 Å². The Morgan fingerprint density at radius 2 is 2.11 bits per heavy atom. The maximum atomic E-state index is 12.6. The predicted octanol–water partition coefficient (Wildman–Crippen LogP) is 4.48. The number of thiazole rings is 1. The third-order valence-electron chi connectivity index (χ3n) is 2.54. The Balaban J connectivity index is 2.15. The van der Waals surface area contributed by atoms with Crippen LogP contribution in [0.4, 0.5) is 23.3 Å². The molecule has 2 aromatic rings. The van der Waals surface area contributed by atoms with E-state index in [1.165, 1.54) is 17.4 Å². The van der Waals surface area contributed by atoms with Crippen molar-refractivity contribution in [3.63, 3.8) is 0 Å². The first-order chi connectivity index (χ1) is 8.86. The third-order valence-corrected chi connectivity index (χ3v) is 3.47. The Morgan fingerprint density at radius 3 is 2.68 bits per heavy atom. The van der Waals surface area contributed by atoms with Crippen LogP contribution in [0.3, 0.4) is 0 Å². The summed E-state index contributed by atoms with van der Waals surface area (Å²) in [6, 6.07) is 5.24. The number of aromatic nitrogens is 1. The maximum absolute atomic E-state index is 12.6. The highest BCUT2D eigenvalue weighted by Gasteiger charge is 2.30. The molecule has 0 aliphatic rings. The van der Waals surface area contributed by atoms with Crippen molar-refractivity contribution in [2.75, 3.05) is 11.9 Å².